The molecule has 0 amide bonds. The maximum absolute atomic E-state index is 13.0. The predicted octanol–water partition coefficient (Wildman–Crippen LogP) is 1.12. The van der Waals surface area contributed by atoms with Crippen LogP contribution in [0.5, 0.6) is 5.75 Å². The monoisotopic (exact) mass is 254 g/mol. The number of benzene rings is 1. The van der Waals surface area contributed by atoms with E-state index in [1.165, 1.54) is 6.33 Å². The van der Waals surface area contributed by atoms with E-state index in [1.807, 2.05) is 0 Å². The van der Waals surface area contributed by atoms with Gasteiger partial charge < -0.3 is 10.4 Å². The molecule has 0 bridgehead atoms. The Kier molecular flexibility index (Phi) is 3.83. The third-order valence-electron chi connectivity index (χ3n) is 2.41. The Morgan fingerprint density at radius 1 is 1.28 bits per heavy atom. The van der Waals surface area contributed by atoms with E-state index in [0.29, 0.717) is 25.1 Å². The van der Waals surface area contributed by atoms with Crippen LogP contribution in [0.3, 0.4) is 0 Å². The van der Waals surface area contributed by atoms with Crippen LogP contribution in [-0.4, -0.2) is 26.8 Å². The van der Waals surface area contributed by atoms with Crippen LogP contribution in [0.2, 0.25) is 0 Å². The van der Waals surface area contributed by atoms with E-state index in [0.717, 1.165) is 18.0 Å². The number of rotatable bonds is 5. The van der Waals surface area contributed by atoms with Crippen LogP contribution in [-0.2, 0) is 13.0 Å². The van der Waals surface area contributed by atoms with Crippen molar-refractivity contribution in [2.24, 2.45) is 0 Å². The fourth-order valence-corrected chi connectivity index (χ4v) is 1.51. The summed E-state index contributed by atoms with van der Waals surface area (Å²) >= 11 is 0. The lowest BCUT2D eigenvalue weighted by Crippen LogP contribution is -2.17. The van der Waals surface area contributed by atoms with Gasteiger partial charge in [-0.2, -0.15) is 5.10 Å². The van der Waals surface area contributed by atoms with Crippen molar-refractivity contribution in [3.05, 3.63) is 41.5 Å². The third-order valence-corrected chi connectivity index (χ3v) is 2.41. The van der Waals surface area contributed by atoms with E-state index < -0.39 is 17.4 Å². The van der Waals surface area contributed by atoms with Crippen molar-refractivity contribution in [2.45, 2.75) is 13.0 Å². The first-order valence-electron chi connectivity index (χ1n) is 5.38. The number of nitrogens with zero attached hydrogens (tertiary/aromatic N) is 2. The number of aromatic amines is 1. The van der Waals surface area contributed by atoms with Gasteiger partial charge in [-0.05, 0) is 17.7 Å². The van der Waals surface area contributed by atoms with E-state index in [-0.39, 0.29) is 0 Å². The first-order chi connectivity index (χ1) is 8.66. The largest absolute Gasteiger partial charge is 0.503 e. The number of aromatic hydroxyl groups is 1. The van der Waals surface area contributed by atoms with Crippen LogP contribution in [0.1, 0.15) is 11.4 Å². The fraction of sp³-hybridized carbons (Fsp3) is 0.273. The molecule has 0 unspecified atom stereocenters. The maximum Gasteiger partial charge on any atom is 0.187 e. The van der Waals surface area contributed by atoms with Crippen LogP contribution in [0.4, 0.5) is 8.78 Å². The molecule has 0 saturated carbocycles. The molecule has 1 aromatic carbocycles. The summed E-state index contributed by atoms with van der Waals surface area (Å²) in [7, 11) is 0. The van der Waals surface area contributed by atoms with Gasteiger partial charge in [0.2, 0.25) is 0 Å². The molecule has 0 aliphatic rings. The number of phenolic OH excluding ortho intramolecular Hbond substituents is 1. The molecule has 1 heterocycles. The van der Waals surface area contributed by atoms with Gasteiger partial charge in [-0.3, -0.25) is 5.10 Å². The van der Waals surface area contributed by atoms with Gasteiger partial charge in [0, 0.05) is 19.5 Å². The molecular formula is C11H12F2N4O. The molecule has 96 valence electrons. The second-order valence-electron chi connectivity index (χ2n) is 3.77. The van der Waals surface area contributed by atoms with Gasteiger partial charge in [0.25, 0.3) is 0 Å². The minimum absolute atomic E-state index is 0.308. The lowest BCUT2D eigenvalue weighted by atomic mass is 10.2. The number of halogens is 2. The Hall–Kier alpha value is -2.02. The molecule has 0 spiro atoms. The van der Waals surface area contributed by atoms with Gasteiger partial charge in [-0.1, -0.05) is 0 Å². The topological polar surface area (TPSA) is 73.8 Å². The van der Waals surface area contributed by atoms with Crippen molar-refractivity contribution in [3.63, 3.8) is 0 Å². The molecule has 2 rings (SSSR count). The molecule has 0 fully saturated rings. The summed E-state index contributed by atoms with van der Waals surface area (Å²) in [6, 6.07) is 2.19. The van der Waals surface area contributed by atoms with Crippen LogP contribution in [0.25, 0.3) is 0 Å². The number of nitrogens with one attached hydrogen (secondary N) is 2. The summed E-state index contributed by atoms with van der Waals surface area (Å²) in [5, 5.41) is 18.4. The minimum Gasteiger partial charge on any atom is -0.503 e. The molecule has 0 aliphatic heterocycles. The first kappa shape index (κ1) is 12.4. The number of hydrogen-bond acceptors (Lipinski definition) is 4. The minimum atomic E-state index is -0.956. The average Bonchev–Trinajstić information content (AvgIpc) is 2.84. The number of aromatic nitrogens is 3. The molecule has 2 aromatic rings. The van der Waals surface area contributed by atoms with E-state index in [2.05, 4.69) is 20.5 Å². The van der Waals surface area contributed by atoms with Gasteiger partial charge in [-0.25, -0.2) is 13.8 Å². The SMILES string of the molecule is Oc1c(F)cc(CNCCc2ncn[nH]2)cc1F. The Labute approximate surface area is 102 Å². The zero-order chi connectivity index (χ0) is 13.0. The summed E-state index contributed by atoms with van der Waals surface area (Å²) in [6.07, 6.45) is 2.06. The highest BCUT2D eigenvalue weighted by Gasteiger charge is 2.09. The van der Waals surface area contributed by atoms with Gasteiger partial charge in [0.05, 0.1) is 0 Å². The summed E-state index contributed by atoms with van der Waals surface area (Å²) in [5.74, 6) is -2.12. The predicted molar refractivity (Wildman–Crippen MR) is 59.8 cm³/mol. The van der Waals surface area contributed by atoms with Crippen LogP contribution < -0.4 is 5.32 Å². The summed E-state index contributed by atoms with van der Waals surface area (Å²) in [5.41, 5.74) is 0.431. The van der Waals surface area contributed by atoms with E-state index in [9.17, 15) is 8.78 Å². The van der Waals surface area contributed by atoms with E-state index in [1.54, 1.807) is 0 Å². The molecule has 18 heavy (non-hydrogen) atoms. The second kappa shape index (κ2) is 5.54. The molecule has 3 N–H and O–H groups in total. The van der Waals surface area contributed by atoms with E-state index in [4.69, 9.17) is 5.11 Å². The Morgan fingerprint density at radius 2 is 2.00 bits per heavy atom. The van der Waals surface area contributed by atoms with Gasteiger partial charge in [0.1, 0.15) is 12.2 Å². The molecule has 1 aromatic heterocycles. The normalized spacial score (nSPS) is 10.8. The highest BCUT2D eigenvalue weighted by atomic mass is 19.1. The zero-order valence-corrected chi connectivity index (χ0v) is 9.45. The van der Waals surface area contributed by atoms with Crippen molar-refractivity contribution in [2.75, 3.05) is 6.54 Å². The van der Waals surface area contributed by atoms with Crippen LogP contribution >= 0.6 is 0 Å². The standard InChI is InChI=1S/C11H12F2N4O/c12-8-3-7(4-9(13)11(8)18)5-14-2-1-10-15-6-16-17-10/h3-4,6,14,18H,1-2,5H2,(H,15,16,17). The molecule has 0 atom stereocenters. The van der Waals surface area contributed by atoms with Crippen molar-refractivity contribution < 1.29 is 13.9 Å². The molecular weight excluding hydrogens is 242 g/mol. The fourth-order valence-electron chi connectivity index (χ4n) is 1.51. The number of hydrogen-bond donors (Lipinski definition) is 3. The molecule has 7 heteroatoms. The average molecular weight is 254 g/mol. The van der Waals surface area contributed by atoms with Gasteiger partial charge in [-0.15, -0.1) is 0 Å². The summed E-state index contributed by atoms with van der Waals surface area (Å²) < 4.78 is 26.1. The summed E-state index contributed by atoms with van der Waals surface area (Å²) in [4.78, 5) is 3.94. The molecule has 5 nitrogen and oxygen atoms in total. The van der Waals surface area contributed by atoms with Crippen molar-refractivity contribution in [1.29, 1.82) is 0 Å². The third kappa shape index (κ3) is 3.01. The molecule has 0 radical (unpaired) electrons. The lowest BCUT2D eigenvalue weighted by molar-refractivity contribution is 0.395. The Balaban J connectivity index is 1.83. The summed E-state index contributed by atoms with van der Waals surface area (Å²) in [6.45, 7) is 0.904. The zero-order valence-electron chi connectivity index (χ0n) is 9.45. The second-order valence-corrected chi connectivity index (χ2v) is 3.77. The lowest BCUT2D eigenvalue weighted by Gasteiger charge is -2.05. The highest BCUT2D eigenvalue weighted by molar-refractivity contribution is 5.29. The van der Waals surface area contributed by atoms with E-state index >= 15 is 0 Å². The molecule has 0 aliphatic carbocycles. The Bertz CT molecular complexity index is 493. The quantitative estimate of drug-likeness (QED) is 0.699. The smallest absolute Gasteiger partial charge is 0.187 e. The van der Waals surface area contributed by atoms with Crippen molar-refractivity contribution >= 4 is 0 Å². The number of phenols is 1. The maximum atomic E-state index is 13.0. The van der Waals surface area contributed by atoms with Crippen LogP contribution in [0, 0.1) is 11.6 Å². The Morgan fingerprint density at radius 3 is 2.61 bits per heavy atom. The van der Waals surface area contributed by atoms with Crippen molar-refractivity contribution in [3.8, 4) is 5.75 Å². The first-order valence-corrected chi connectivity index (χ1v) is 5.38. The highest BCUT2D eigenvalue weighted by Crippen LogP contribution is 2.21. The van der Waals surface area contributed by atoms with Gasteiger partial charge in [0.15, 0.2) is 17.4 Å². The van der Waals surface area contributed by atoms with Gasteiger partial charge >= 0.3 is 0 Å². The van der Waals surface area contributed by atoms with Crippen molar-refractivity contribution in [1.82, 2.24) is 20.5 Å². The number of H-pyrrole nitrogens is 1. The molecule has 0 saturated heterocycles. The van der Waals surface area contributed by atoms with Crippen LogP contribution in [0.15, 0.2) is 18.5 Å².